The predicted octanol–water partition coefficient (Wildman–Crippen LogP) is 19.1. The van der Waals surface area contributed by atoms with Gasteiger partial charge in [-0.05, 0) is 281 Å². The summed E-state index contributed by atoms with van der Waals surface area (Å²) in [5.74, 6) is 1.78. The second-order valence-electron chi connectivity index (χ2n) is 26.0. The van der Waals surface area contributed by atoms with E-state index in [1.165, 1.54) is 175 Å². The molecule has 0 aliphatic heterocycles. The van der Waals surface area contributed by atoms with E-state index in [-0.39, 0.29) is 0 Å². The van der Waals surface area contributed by atoms with Crippen LogP contribution >= 0.6 is 68.0 Å². The number of ether oxygens (including phenoxy) is 10. The van der Waals surface area contributed by atoms with Crippen molar-refractivity contribution >= 4 is 68.0 Å². The van der Waals surface area contributed by atoms with E-state index in [1.807, 2.05) is 0 Å². The van der Waals surface area contributed by atoms with Crippen LogP contribution in [0.1, 0.15) is 144 Å². The summed E-state index contributed by atoms with van der Waals surface area (Å²) in [6.07, 6.45) is 29.8. The monoisotopic (exact) mass is 1380 g/mol. The van der Waals surface area contributed by atoms with E-state index in [0.29, 0.717) is 106 Å². The third-order valence-electron chi connectivity index (χ3n) is 19.9. The molecule has 0 amide bonds. The molecule has 6 aromatic heterocycles. The Balaban J connectivity index is 0.714. The number of rotatable bonds is 33. The van der Waals surface area contributed by atoms with Crippen LogP contribution in [0.15, 0.2) is 48.5 Å². The number of fused-ring (bicyclic) bond motifs is 6. The van der Waals surface area contributed by atoms with Gasteiger partial charge in [0.1, 0.15) is 24.7 Å². The molecule has 0 fully saturated rings. The maximum Gasteiger partial charge on any atom is 0.119 e. The summed E-state index contributed by atoms with van der Waals surface area (Å²) in [4.78, 5) is 19.1. The van der Waals surface area contributed by atoms with Crippen molar-refractivity contribution in [1.82, 2.24) is 0 Å². The van der Waals surface area contributed by atoms with Crippen LogP contribution in [0.2, 0.25) is 0 Å². The van der Waals surface area contributed by atoms with Gasteiger partial charge in [0.2, 0.25) is 0 Å². The molecule has 0 saturated heterocycles. The molecule has 6 aliphatic rings. The van der Waals surface area contributed by atoms with E-state index in [4.69, 9.17) is 47.4 Å². The molecule has 10 nitrogen and oxygen atoms in total. The van der Waals surface area contributed by atoms with Crippen LogP contribution in [0.3, 0.4) is 0 Å². The fourth-order valence-electron chi connectivity index (χ4n) is 15.3. The Bertz CT molecular complexity index is 3540. The highest BCUT2D eigenvalue weighted by Crippen LogP contribution is 2.60. The van der Waals surface area contributed by atoms with Gasteiger partial charge < -0.3 is 47.4 Å². The third-order valence-corrected chi connectivity index (χ3v) is 28.5. The number of hydrogen-bond acceptors (Lipinski definition) is 16. The molecule has 0 atom stereocenters. The van der Waals surface area contributed by atoms with Crippen LogP contribution in [0, 0.1) is 0 Å². The first kappa shape index (κ1) is 67.1. The topological polar surface area (TPSA) is 92.3 Å². The first-order chi connectivity index (χ1) is 46.6. The molecule has 6 aliphatic carbocycles. The van der Waals surface area contributed by atoms with Crippen molar-refractivity contribution < 1.29 is 47.4 Å². The Labute approximate surface area is 581 Å². The molecule has 0 radical (unpaired) electrons. The summed E-state index contributed by atoms with van der Waals surface area (Å²) in [5.41, 5.74) is 22.7. The molecule has 502 valence electrons. The standard InChI is InChI=1S/C78H94O10S6/c1-79-35-37-81-39-41-83-43-45-85-47-49-87-53-31-27-51(28-32-53)67-55-15-3-5-17-57(55)69(89-67)71-59-19-7-9-21-61(59)73(91-71)75-63-23-11-13-25-65(63)77(93-75)78-66-26-14-12-24-64(66)76(94-78)74-62-22-10-8-20-60(62)72(92-74)70-58-18-6-4-16-56(58)68(90-70)52-29-33-54(34-30-52)88-50-48-86-46-44-84-42-40-82-38-36-80-2/h27-34H,3-26,35-50H2,1-2H3. The minimum atomic E-state index is 0.507. The number of methoxy groups -OCH3 is 2. The highest BCUT2D eigenvalue weighted by Gasteiger charge is 2.36. The van der Waals surface area contributed by atoms with E-state index >= 15 is 0 Å². The van der Waals surface area contributed by atoms with E-state index in [0.717, 1.165) is 11.5 Å². The Morgan fingerprint density at radius 1 is 0.213 bits per heavy atom. The normalized spacial score (nSPS) is 16.0. The average molecular weight is 1380 g/mol. The fraction of sp³-hybridized carbons (Fsp3) is 0.538. The van der Waals surface area contributed by atoms with Gasteiger partial charge in [-0.15, -0.1) is 68.0 Å². The average Bonchev–Trinajstić information content (AvgIpc) is 1.59. The van der Waals surface area contributed by atoms with E-state index in [9.17, 15) is 0 Å². The Morgan fingerprint density at radius 3 is 0.585 bits per heavy atom. The maximum atomic E-state index is 6.18. The Hall–Kier alpha value is -4.08. The van der Waals surface area contributed by atoms with Crippen molar-refractivity contribution in [3.05, 3.63) is 115 Å². The molecule has 0 N–H and O–H groups in total. The second-order valence-corrected chi connectivity index (χ2v) is 32.1. The molecule has 2 aromatic carbocycles. The summed E-state index contributed by atoms with van der Waals surface area (Å²) in [6.45, 7) is 8.83. The molecule has 8 aromatic rings. The van der Waals surface area contributed by atoms with Crippen molar-refractivity contribution in [2.45, 2.75) is 154 Å². The molecule has 6 heterocycles. The minimum Gasteiger partial charge on any atom is -0.491 e. The van der Waals surface area contributed by atoms with E-state index < -0.39 is 0 Å². The molecule has 14 rings (SSSR count). The molecular formula is C78H94O10S6. The van der Waals surface area contributed by atoms with Gasteiger partial charge in [0.05, 0.1) is 92.5 Å². The zero-order valence-electron chi connectivity index (χ0n) is 55.4. The third kappa shape index (κ3) is 15.1. The molecule has 0 saturated carbocycles. The lowest BCUT2D eigenvalue weighted by atomic mass is 9.86. The zero-order chi connectivity index (χ0) is 63.4. The van der Waals surface area contributed by atoms with Crippen LogP contribution in [0.4, 0.5) is 0 Å². The van der Waals surface area contributed by atoms with Crippen molar-refractivity contribution in [3.8, 4) is 81.2 Å². The van der Waals surface area contributed by atoms with Crippen molar-refractivity contribution in [3.63, 3.8) is 0 Å². The lowest BCUT2D eigenvalue weighted by Crippen LogP contribution is -2.13. The second kappa shape index (κ2) is 33.2. The Morgan fingerprint density at radius 2 is 0.383 bits per heavy atom. The number of benzene rings is 2. The molecular weight excluding hydrogens is 1290 g/mol. The molecule has 0 bridgehead atoms. The van der Waals surface area contributed by atoms with E-state index in [1.54, 1.807) is 130 Å². The summed E-state index contributed by atoms with van der Waals surface area (Å²) < 4.78 is 56.3. The van der Waals surface area contributed by atoms with Crippen LogP contribution in [-0.4, -0.2) is 120 Å². The predicted molar refractivity (Wildman–Crippen MR) is 391 cm³/mol. The summed E-state index contributed by atoms with van der Waals surface area (Å²) in [6, 6.07) is 17.8. The molecule has 0 spiro atoms. The lowest BCUT2D eigenvalue weighted by Gasteiger charge is -2.17. The zero-order valence-corrected chi connectivity index (χ0v) is 60.3. The largest absolute Gasteiger partial charge is 0.491 e. The van der Waals surface area contributed by atoms with Gasteiger partial charge >= 0.3 is 0 Å². The van der Waals surface area contributed by atoms with Crippen LogP contribution in [0.25, 0.3) is 69.7 Å². The minimum absolute atomic E-state index is 0.507. The van der Waals surface area contributed by atoms with Crippen molar-refractivity contribution in [1.29, 1.82) is 0 Å². The van der Waals surface area contributed by atoms with Crippen LogP contribution < -0.4 is 9.47 Å². The van der Waals surface area contributed by atoms with Crippen molar-refractivity contribution in [2.75, 3.05) is 120 Å². The summed E-state index contributed by atoms with van der Waals surface area (Å²) in [7, 11) is 3.36. The number of hydrogen-bond donors (Lipinski definition) is 0. The SMILES string of the molecule is COCCOCCOCCOCCOc1ccc(-c2sc(-c3sc(-c4sc(-c5sc(-c6sc(-c7sc(-c8ccc(OCCOCCOCCOCCOC)cc8)c8c7CCCC8)c7c6CCCC7)c6c5CCCC6)c5c4CCCC5)c4c3CCCC4)c3c2CCCC3)cc1. The highest BCUT2D eigenvalue weighted by atomic mass is 32.1. The van der Waals surface area contributed by atoms with Gasteiger partial charge in [0.15, 0.2) is 0 Å². The van der Waals surface area contributed by atoms with Crippen LogP contribution in [0.5, 0.6) is 11.5 Å². The highest BCUT2D eigenvalue weighted by molar-refractivity contribution is 7.31. The van der Waals surface area contributed by atoms with Gasteiger partial charge in [0, 0.05) is 72.7 Å². The van der Waals surface area contributed by atoms with E-state index in [2.05, 4.69) is 117 Å². The molecule has 16 heteroatoms. The van der Waals surface area contributed by atoms with Gasteiger partial charge in [0.25, 0.3) is 0 Å². The van der Waals surface area contributed by atoms with Gasteiger partial charge in [-0.25, -0.2) is 0 Å². The summed E-state index contributed by atoms with van der Waals surface area (Å²) in [5, 5.41) is 0. The first-order valence-electron chi connectivity index (χ1n) is 35.4. The van der Waals surface area contributed by atoms with Gasteiger partial charge in [-0.2, -0.15) is 0 Å². The lowest BCUT2D eigenvalue weighted by molar-refractivity contribution is 0.000164. The van der Waals surface area contributed by atoms with Crippen molar-refractivity contribution in [2.24, 2.45) is 0 Å². The fourth-order valence-corrected chi connectivity index (χ4v) is 24.6. The Kier molecular flexibility index (Phi) is 23.7. The van der Waals surface area contributed by atoms with Crippen LogP contribution in [-0.2, 0) is 115 Å². The quantitative estimate of drug-likeness (QED) is 0.0370. The number of thiophene rings is 6. The van der Waals surface area contributed by atoms with Gasteiger partial charge in [-0.3, -0.25) is 0 Å². The maximum absolute atomic E-state index is 6.18. The smallest absolute Gasteiger partial charge is 0.119 e. The molecule has 94 heavy (non-hydrogen) atoms. The summed E-state index contributed by atoms with van der Waals surface area (Å²) >= 11 is 13.0. The first-order valence-corrected chi connectivity index (χ1v) is 40.3. The van der Waals surface area contributed by atoms with Gasteiger partial charge in [-0.1, -0.05) is 0 Å². The molecule has 0 unspecified atom stereocenters.